The van der Waals surface area contributed by atoms with Crippen LogP contribution in [0.5, 0.6) is 0 Å². The van der Waals surface area contributed by atoms with Crippen LogP contribution in [-0.4, -0.2) is 109 Å². The van der Waals surface area contributed by atoms with Crippen LogP contribution in [0.25, 0.3) is 0 Å². The van der Waals surface area contributed by atoms with Crippen LogP contribution in [0.15, 0.2) is 57.5 Å². The summed E-state index contributed by atoms with van der Waals surface area (Å²) in [6.07, 6.45) is 8.77. The summed E-state index contributed by atoms with van der Waals surface area (Å²) in [7, 11) is 0. The Bertz CT molecular complexity index is 1560. The monoisotopic (exact) mass is 647 g/mol. The minimum atomic E-state index is -1.29. The zero-order chi connectivity index (χ0) is 30.1. The van der Waals surface area contributed by atoms with Crippen molar-refractivity contribution in [3.8, 4) is 0 Å². The first-order chi connectivity index (χ1) is 20.8. The number of carbonyl (C=O) groups is 4. The van der Waals surface area contributed by atoms with E-state index in [4.69, 9.17) is 10.6 Å². The number of hydrogen-bond donors (Lipinski definition) is 3. The number of aliphatic carboxylic acids is 1. The summed E-state index contributed by atoms with van der Waals surface area (Å²) in [5.74, 6) is -2.37. The molecule has 1 aliphatic carbocycles. The number of carbonyl (C=O) groups excluding carboxylic acids is 3. The van der Waals surface area contributed by atoms with E-state index in [1.54, 1.807) is 29.9 Å². The Morgan fingerprint density at radius 1 is 1.25 bits per heavy atom. The van der Waals surface area contributed by atoms with Crippen LogP contribution in [0.3, 0.4) is 0 Å². The van der Waals surface area contributed by atoms with Gasteiger partial charge in [0.1, 0.15) is 35.2 Å². The molecule has 0 spiro atoms. The molecule has 13 nitrogen and oxygen atoms in total. The molecule has 2 atom stereocenters. The van der Waals surface area contributed by atoms with E-state index in [-0.39, 0.29) is 64.0 Å². The fourth-order valence-electron chi connectivity index (χ4n) is 5.84. The molecule has 1 saturated carbocycles. The van der Waals surface area contributed by atoms with E-state index < -0.39 is 29.2 Å². The van der Waals surface area contributed by atoms with Crippen molar-refractivity contribution in [2.45, 2.75) is 56.0 Å². The van der Waals surface area contributed by atoms with E-state index in [0.29, 0.717) is 36.1 Å². The number of amides is 3. The Morgan fingerprint density at radius 3 is 2.64 bits per heavy atom. The second-order valence-electron chi connectivity index (χ2n) is 10.5. The van der Waals surface area contributed by atoms with Gasteiger partial charge >= 0.3 is 35.5 Å². The van der Waals surface area contributed by atoms with Gasteiger partial charge in [0.2, 0.25) is 5.91 Å². The number of carboxylic acids is 1. The van der Waals surface area contributed by atoms with E-state index in [0.717, 1.165) is 48.8 Å². The van der Waals surface area contributed by atoms with Crippen LogP contribution in [0.4, 0.5) is 10.9 Å². The third kappa shape index (κ3) is 6.29. The molecule has 0 unspecified atom stereocenters. The van der Waals surface area contributed by atoms with Gasteiger partial charge in [-0.1, -0.05) is 5.16 Å². The van der Waals surface area contributed by atoms with Gasteiger partial charge in [-0.2, -0.15) is 0 Å². The summed E-state index contributed by atoms with van der Waals surface area (Å²) in [4.78, 5) is 69.0. The minimum absolute atomic E-state index is 0. The van der Waals surface area contributed by atoms with E-state index in [9.17, 15) is 24.3 Å². The Hall–Kier alpha value is -3.24. The number of nitrogens with one attached hydrogen (secondary N) is 1. The normalized spacial score (nSPS) is 22.8. The number of hydrogen-bond acceptors (Lipinski definition) is 11. The van der Waals surface area contributed by atoms with Gasteiger partial charge in [0.25, 0.3) is 11.8 Å². The summed E-state index contributed by atoms with van der Waals surface area (Å²) >= 11 is 2.44. The molecule has 0 aromatic carbocycles. The third-order valence-corrected chi connectivity index (χ3v) is 9.81. The Kier molecular flexibility index (Phi) is 10.1. The van der Waals surface area contributed by atoms with E-state index >= 15 is 0 Å². The van der Waals surface area contributed by atoms with Gasteiger partial charge in [-0.05, 0) is 67.4 Å². The van der Waals surface area contributed by atoms with E-state index in [1.165, 1.54) is 21.6 Å². The topological polar surface area (TPSA) is 180 Å². The van der Waals surface area contributed by atoms with Crippen LogP contribution in [0.1, 0.15) is 37.7 Å². The number of nitrogens with zero attached hydrogens (tertiary/aromatic N) is 5. The number of carboxylic acid groups (broad SMARTS) is 1. The van der Waals surface area contributed by atoms with Crippen LogP contribution >= 0.6 is 23.1 Å². The molecular weight excluding hydrogens is 617 g/mol. The van der Waals surface area contributed by atoms with Gasteiger partial charge in [-0.25, -0.2) is 9.78 Å². The maximum absolute atomic E-state index is 13.8. The summed E-state index contributed by atoms with van der Waals surface area (Å²) < 4.78 is 0. The number of thioether (sulfide) groups is 1. The van der Waals surface area contributed by atoms with Crippen LogP contribution < -0.4 is 16.0 Å². The van der Waals surface area contributed by atoms with Crippen LogP contribution in [-0.2, 0) is 30.4 Å². The van der Waals surface area contributed by atoms with Crippen molar-refractivity contribution in [1.82, 2.24) is 20.2 Å². The number of nitrogen functional groups attached to an aromatic ring is 1. The molecule has 3 aliphatic heterocycles. The molecule has 4 aliphatic rings. The second kappa shape index (κ2) is 13.8. The zero-order valence-electron chi connectivity index (χ0n) is 23.0. The first-order valence-corrected chi connectivity index (χ1v) is 15.8. The number of β-lactam (4-membered cyclic amide) rings is 1. The fourth-order valence-corrected chi connectivity index (χ4v) is 7.81. The first kappa shape index (κ1) is 32.2. The number of pyridine rings is 1. The molecule has 2 aromatic rings. The van der Waals surface area contributed by atoms with Crippen molar-refractivity contribution in [3.63, 3.8) is 0 Å². The molecule has 4 N–H and O–H groups in total. The Morgan fingerprint density at radius 2 is 2.00 bits per heavy atom. The molecular formula is C28H30N7NaO6S2. The summed E-state index contributed by atoms with van der Waals surface area (Å²) in [6.45, 7) is 0.448. The predicted molar refractivity (Wildman–Crippen MR) is 167 cm³/mol. The van der Waals surface area contributed by atoms with E-state index in [1.807, 2.05) is 0 Å². The number of aromatic nitrogens is 2. The molecule has 0 radical (unpaired) electrons. The molecule has 3 fully saturated rings. The van der Waals surface area contributed by atoms with Gasteiger partial charge in [0, 0.05) is 35.6 Å². The van der Waals surface area contributed by atoms with Crippen molar-refractivity contribution in [3.05, 3.63) is 57.9 Å². The standard InChI is InChI=1S/C28H29N7O6S2.Na.H/c29-28-33-20(14-43-28)34(21(36)12-32-41-16-3-1-2-4-16)23-25(38)35-22(27(39)40)19(13-42-26(23)35)18(17-7-10-31-24(17)37)11-15-5-8-30-9-6-15;;/h5-6,8-9,12,14,16,23,26H,1-4,7,10-11,13H2,(H2,29,33)(H,31,37)(H,39,40);;/t23-,26-;;/m1../s1. The summed E-state index contributed by atoms with van der Waals surface area (Å²) in [6, 6.07) is 2.57. The maximum atomic E-state index is 13.8. The van der Waals surface area contributed by atoms with Gasteiger partial charge in [0.15, 0.2) is 5.13 Å². The SMILES string of the molecule is Nc1nc(N(C(=O)C=NOC2CCCC2)[C@@H]2C(=O)N3C(C(=O)O)=C(C(Cc4ccncc4)=C4CCNC4=O)CS[C@H]23)cs1.[NaH]. The number of thiazole rings is 1. The van der Waals surface area contributed by atoms with Gasteiger partial charge < -0.3 is 21.0 Å². The molecule has 2 saturated heterocycles. The quantitative estimate of drug-likeness (QED) is 0.118. The second-order valence-corrected chi connectivity index (χ2v) is 12.5. The van der Waals surface area contributed by atoms with Gasteiger partial charge in [-0.3, -0.25) is 29.2 Å². The Labute approximate surface area is 283 Å². The van der Waals surface area contributed by atoms with Crippen molar-refractivity contribution >= 4 is 93.5 Å². The van der Waals surface area contributed by atoms with Gasteiger partial charge in [-0.15, -0.1) is 23.1 Å². The number of fused-ring (bicyclic) bond motifs is 1. The number of oxime groups is 1. The molecule has 0 bridgehead atoms. The van der Waals surface area contributed by atoms with E-state index in [2.05, 4.69) is 20.4 Å². The van der Waals surface area contributed by atoms with Crippen molar-refractivity contribution in [1.29, 1.82) is 0 Å². The molecule has 5 heterocycles. The molecule has 2 aromatic heterocycles. The van der Waals surface area contributed by atoms with Crippen LogP contribution in [0, 0.1) is 0 Å². The van der Waals surface area contributed by atoms with Crippen LogP contribution in [0.2, 0.25) is 0 Å². The first-order valence-electron chi connectivity index (χ1n) is 13.9. The summed E-state index contributed by atoms with van der Waals surface area (Å²) in [5.41, 5.74) is 8.01. The van der Waals surface area contributed by atoms with Crippen molar-refractivity contribution in [2.75, 3.05) is 22.9 Å². The average Bonchev–Trinajstić information content (AvgIpc) is 3.77. The number of anilines is 2. The molecule has 6 rings (SSSR count). The molecule has 44 heavy (non-hydrogen) atoms. The molecule has 16 heteroatoms. The average molecular weight is 648 g/mol. The molecule has 3 amide bonds. The third-order valence-electron chi connectivity index (χ3n) is 7.88. The number of nitrogens with two attached hydrogens (primary N) is 1. The predicted octanol–water partition coefficient (Wildman–Crippen LogP) is 1.43. The number of rotatable bonds is 9. The number of allylic oxidation sites excluding steroid dienone is 1. The van der Waals surface area contributed by atoms with Gasteiger partial charge in [0.05, 0.1) is 0 Å². The molecule has 226 valence electrons. The Balaban J connectivity index is 0.00000384. The fraction of sp³-hybridized carbons (Fsp3) is 0.393. The summed E-state index contributed by atoms with van der Waals surface area (Å²) in [5, 5.41) is 18.2. The van der Waals surface area contributed by atoms with Crippen molar-refractivity contribution < 1.29 is 29.1 Å². The zero-order valence-corrected chi connectivity index (χ0v) is 24.6. The van der Waals surface area contributed by atoms with Crippen molar-refractivity contribution in [2.24, 2.45) is 5.16 Å².